The van der Waals surface area contributed by atoms with Gasteiger partial charge in [0.15, 0.2) is 5.96 Å². The lowest BCUT2D eigenvalue weighted by Crippen LogP contribution is -2.58. The van der Waals surface area contributed by atoms with Gasteiger partial charge in [0.25, 0.3) is 0 Å². The molecule has 1 aliphatic rings. The number of hydrogen-bond acceptors (Lipinski definition) is 5. The number of carbonyl (C=O) groups excluding carboxylic acids is 3. The monoisotopic (exact) mass is 576 g/mol. The minimum atomic E-state index is -1.02. The van der Waals surface area contributed by atoms with Crippen LogP contribution in [0.25, 0.3) is 0 Å². The molecular formula is C31H44N8O3. The van der Waals surface area contributed by atoms with Crippen LogP contribution in [0.1, 0.15) is 68.6 Å². The Balaban J connectivity index is 1.86. The van der Waals surface area contributed by atoms with Crippen molar-refractivity contribution < 1.29 is 14.4 Å². The third-order valence-electron chi connectivity index (χ3n) is 8.07. The number of carbonyl (C=O) groups is 3. The van der Waals surface area contributed by atoms with Crippen LogP contribution < -0.4 is 33.2 Å². The van der Waals surface area contributed by atoms with Crippen molar-refractivity contribution in [3.8, 4) is 0 Å². The van der Waals surface area contributed by atoms with Crippen LogP contribution in [0.3, 0.4) is 0 Å². The molecule has 11 N–H and O–H groups in total. The lowest BCUT2D eigenvalue weighted by Gasteiger charge is -2.35. The van der Waals surface area contributed by atoms with E-state index in [1.165, 1.54) is 0 Å². The molecule has 2 aromatic rings. The summed E-state index contributed by atoms with van der Waals surface area (Å²) in [5.41, 5.74) is 17.8. The number of amidine groups is 1. The van der Waals surface area contributed by atoms with Gasteiger partial charge in [0, 0.05) is 12.1 Å². The van der Waals surface area contributed by atoms with Crippen molar-refractivity contribution in [2.45, 2.75) is 75.8 Å². The van der Waals surface area contributed by atoms with Gasteiger partial charge in [-0.05, 0) is 56.1 Å². The molecule has 2 aromatic carbocycles. The first-order chi connectivity index (χ1) is 20.0. The second kappa shape index (κ2) is 15.0. The van der Waals surface area contributed by atoms with E-state index in [4.69, 9.17) is 28.0 Å². The predicted molar refractivity (Wildman–Crippen MR) is 164 cm³/mol. The molecule has 1 aliphatic carbocycles. The van der Waals surface area contributed by atoms with Gasteiger partial charge in [-0.15, -0.1) is 0 Å². The van der Waals surface area contributed by atoms with E-state index in [0.717, 1.165) is 43.2 Å². The summed E-state index contributed by atoms with van der Waals surface area (Å²) >= 11 is 0. The zero-order valence-corrected chi connectivity index (χ0v) is 24.2. The van der Waals surface area contributed by atoms with E-state index >= 15 is 0 Å². The number of rotatable bonds is 14. The second-order valence-electron chi connectivity index (χ2n) is 11.3. The Morgan fingerprint density at radius 2 is 1.57 bits per heavy atom. The Morgan fingerprint density at radius 3 is 2.14 bits per heavy atom. The lowest BCUT2D eigenvalue weighted by molar-refractivity contribution is -0.135. The molecule has 0 radical (unpaired) electrons. The van der Waals surface area contributed by atoms with E-state index in [1.807, 2.05) is 49.4 Å². The van der Waals surface area contributed by atoms with E-state index in [0.29, 0.717) is 24.9 Å². The van der Waals surface area contributed by atoms with Crippen molar-refractivity contribution in [1.82, 2.24) is 16.0 Å². The predicted octanol–water partition coefficient (Wildman–Crippen LogP) is 1.77. The van der Waals surface area contributed by atoms with E-state index < -0.39 is 29.3 Å². The van der Waals surface area contributed by atoms with Gasteiger partial charge >= 0.3 is 0 Å². The molecular weight excluding hydrogens is 532 g/mol. The van der Waals surface area contributed by atoms with Gasteiger partial charge in [0.2, 0.25) is 17.7 Å². The number of primary amides is 1. The normalized spacial score (nSPS) is 16.3. The maximum atomic E-state index is 14.2. The van der Waals surface area contributed by atoms with Gasteiger partial charge in [-0.1, -0.05) is 73.9 Å². The minimum Gasteiger partial charge on any atom is -0.384 e. The van der Waals surface area contributed by atoms with Gasteiger partial charge in [-0.3, -0.25) is 25.2 Å². The largest absolute Gasteiger partial charge is 0.384 e. The molecule has 3 amide bonds. The highest BCUT2D eigenvalue weighted by Crippen LogP contribution is 2.31. The van der Waals surface area contributed by atoms with Gasteiger partial charge < -0.3 is 33.2 Å². The van der Waals surface area contributed by atoms with Crippen LogP contribution in [0.4, 0.5) is 0 Å². The van der Waals surface area contributed by atoms with Crippen molar-refractivity contribution in [2.75, 3.05) is 6.54 Å². The fraction of sp³-hybridized carbons (Fsp3) is 0.452. The first-order valence-corrected chi connectivity index (χ1v) is 14.5. The zero-order chi connectivity index (χ0) is 30.7. The summed E-state index contributed by atoms with van der Waals surface area (Å²) in [6.07, 6.45) is 5.65. The van der Waals surface area contributed by atoms with Gasteiger partial charge in [-0.2, -0.15) is 0 Å². The van der Waals surface area contributed by atoms with Crippen LogP contribution in [0.5, 0.6) is 0 Å². The molecule has 0 aromatic heterocycles. The van der Waals surface area contributed by atoms with Crippen LogP contribution in [0.15, 0.2) is 54.6 Å². The molecule has 0 spiro atoms. The highest BCUT2D eigenvalue weighted by molar-refractivity contribution is 5.96. The standard InChI is InChI=1S/C31H44N8O3/c1-31(23-11-6-3-7-12-23,19-20-14-16-22(17-15-20)26(32)33)29(42)39-25(21-9-4-2-5-10-21)28(41)38-24(27(34)40)13-8-18-37-30(35)36/h3,6-7,11-12,14-17,21,24-25H,2,4-5,8-10,13,18-19H2,1H3,(H3,32,33)(H2,34,40)(H,38,41)(H,39,42)(H4,35,36,37)/t24?,25-,31-/m0/s1. The van der Waals surface area contributed by atoms with Gasteiger partial charge in [0.05, 0.1) is 5.41 Å². The van der Waals surface area contributed by atoms with Crippen molar-refractivity contribution in [3.05, 3.63) is 71.3 Å². The fourth-order valence-electron chi connectivity index (χ4n) is 5.57. The zero-order valence-electron chi connectivity index (χ0n) is 24.2. The van der Waals surface area contributed by atoms with Crippen molar-refractivity contribution in [2.24, 2.45) is 23.1 Å². The van der Waals surface area contributed by atoms with Gasteiger partial charge in [0.1, 0.15) is 17.9 Å². The molecule has 1 fully saturated rings. The Labute approximate surface area is 247 Å². The number of benzene rings is 2. The summed E-state index contributed by atoms with van der Waals surface area (Å²) in [5, 5.41) is 23.5. The number of nitrogen functional groups attached to an aromatic ring is 1. The van der Waals surface area contributed by atoms with Crippen LogP contribution in [0, 0.1) is 16.7 Å². The van der Waals surface area contributed by atoms with Crippen LogP contribution in [-0.4, -0.2) is 48.1 Å². The van der Waals surface area contributed by atoms with Crippen LogP contribution in [0.2, 0.25) is 0 Å². The highest BCUT2D eigenvalue weighted by Gasteiger charge is 2.40. The topological polar surface area (TPSA) is 213 Å². The number of guanidine groups is 1. The molecule has 0 saturated heterocycles. The summed E-state index contributed by atoms with van der Waals surface area (Å²) < 4.78 is 0. The third-order valence-corrected chi connectivity index (χ3v) is 8.07. The average molecular weight is 577 g/mol. The Bertz CT molecular complexity index is 1240. The van der Waals surface area contributed by atoms with E-state index in [9.17, 15) is 14.4 Å². The Morgan fingerprint density at radius 1 is 0.929 bits per heavy atom. The van der Waals surface area contributed by atoms with E-state index in [2.05, 4.69) is 16.0 Å². The molecule has 0 heterocycles. The second-order valence-corrected chi connectivity index (χ2v) is 11.3. The Kier molecular flexibility index (Phi) is 11.5. The van der Waals surface area contributed by atoms with Crippen molar-refractivity contribution in [1.29, 1.82) is 10.8 Å². The van der Waals surface area contributed by atoms with Crippen LogP contribution in [-0.2, 0) is 26.2 Å². The molecule has 226 valence electrons. The maximum absolute atomic E-state index is 14.2. The first-order valence-electron chi connectivity index (χ1n) is 14.5. The smallest absolute Gasteiger partial charge is 0.243 e. The van der Waals surface area contributed by atoms with Crippen molar-refractivity contribution in [3.63, 3.8) is 0 Å². The molecule has 3 rings (SSSR count). The first kappa shape index (κ1) is 32.1. The molecule has 11 nitrogen and oxygen atoms in total. The van der Waals surface area contributed by atoms with E-state index in [-0.39, 0.29) is 30.0 Å². The molecule has 0 aliphatic heterocycles. The third kappa shape index (κ3) is 8.79. The maximum Gasteiger partial charge on any atom is 0.243 e. The molecule has 1 saturated carbocycles. The SMILES string of the molecule is C[C@@](Cc1ccc(C(=N)N)cc1)(C(=O)N[C@H](C(=O)NC(CCCNC(=N)N)C(N)=O)C1CCCCC1)c1ccccc1. The summed E-state index contributed by atoms with van der Waals surface area (Å²) in [4.78, 5) is 40.2. The number of nitrogens with two attached hydrogens (primary N) is 3. The summed E-state index contributed by atoms with van der Waals surface area (Å²) in [5.74, 6) is -1.67. The summed E-state index contributed by atoms with van der Waals surface area (Å²) in [6.45, 7) is 2.22. The molecule has 1 unspecified atom stereocenters. The molecule has 3 atom stereocenters. The van der Waals surface area contributed by atoms with E-state index in [1.54, 1.807) is 12.1 Å². The minimum absolute atomic E-state index is 0.0316. The highest BCUT2D eigenvalue weighted by atomic mass is 16.2. The quantitative estimate of drug-likeness (QED) is 0.0952. The summed E-state index contributed by atoms with van der Waals surface area (Å²) in [6, 6.07) is 14.9. The lowest BCUT2D eigenvalue weighted by atomic mass is 9.75. The van der Waals surface area contributed by atoms with Crippen LogP contribution >= 0.6 is 0 Å². The molecule has 11 heteroatoms. The number of hydrogen-bond donors (Lipinski definition) is 8. The molecule has 42 heavy (non-hydrogen) atoms. The number of amides is 3. The van der Waals surface area contributed by atoms with Gasteiger partial charge in [-0.25, -0.2) is 0 Å². The fourth-order valence-corrected chi connectivity index (χ4v) is 5.57. The van der Waals surface area contributed by atoms with Crippen molar-refractivity contribution >= 4 is 29.5 Å². The average Bonchev–Trinajstić information content (AvgIpc) is 2.98. The molecule has 0 bridgehead atoms. The number of nitrogens with one attached hydrogen (secondary N) is 5. The Hall–Kier alpha value is -4.41. The summed E-state index contributed by atoms with van der Waals surface area (Å²) in [7, 11) is 0.